The van der Waals surface area contributed by atoms with Gasteiger partial charge in [0.25, 0.3) is 0 Å². The van der Waals surface area contributed by atoms with Crippen LogP contribution in [0, 0.1) is 0 Å². The molecule has 5 heteroatoms. The Morgan fingerprint density at radius 2 is 1.23 bits per heavy atom. The van der Waals surface area contributed by atoms with Crippen LogP contribution in [0.1, 0.15) is 0 Å². The number of aromatic nitrogens is 3. The van der Waals surface area contributed by atoms with E-state index in [4.69, 9.17) is 9.97 Å². The predicted octanol–water partition coefficient (Wildman–Crippen LogP) is 7.87. The number of rotatable bonds is 3. The van der Waals surface area contributed by atoms with Crippen LogP contribution in [0.25, 0.3) is 59.9 Å². The van der Waals surface area contributed by atoms with E-state index in [1.54, 1.807) is 0 Å². The molecule has 0 spiro atoms. The fourth-order valence-electron chi connectivity index (χ4n) is 6.73. The summed E-state index contributed by atoms with van der Waals surface area (Å²) in [6, 6.07) is 48.1. The molecule has 9 aromatic rings. The van der Waals surface area contributed by atoms with E-state index < -0.39 is 5.51 Å². The molecule has 0 bridgehead atoms. The van der Waals surface area contributed by atoms with Crippen LogP contribution in [0.2, 0.25) is 0 Å². The van der Waals surface area contributed by atoms with Gasteiger partial charge in [-0.1, -0.05) is 0 Å². The quantitative estimate of drug-likeness (QED) is 0.113. The first-order valence-electron chi connectivity index (χ1n) is 14.4. The van der Waals surface area contributed by atoms with Gasteiger partial charge in [0.15, 0.2) is 0 Å². The van der Waals surface area contributed by atoms with Crippen molar-refractivity contribution in [3.05, 3.63) is 146 Å². The van der Waals surface area contributed by atoms with E-state index in [-0.39, 0.29) is 0 Å². The molecule has 3 nitrogen and oxygen atoms in total. The first-order valence-corrected chi connectivity index (χ1v) is 18.4. The predicted molar refractivity (Wildman–Crippen MR) is 185 cm³/mol. The molecular weight excluding hydrogens is 608 g/mol. The van der Waals surface area contributed by atoms with Crippen molar-refractivity contribution in [1.82, 2.24) is 14.4 Å². The normalized spacial score (nSPS) is 13.4. The molecule has 0 aliphatic heterocycles. The Morgan fingerprint density at radius 1 is 0.535 bits per heavy atom. The summed E-state index contributed by atoms with van der Waals surface area (Å²) in [7, 11) is 0. The molecule has 0 aliphatic carbocycles. The molecule has 0 fully saturated rings. The summed E-state index contributed by atoms with van der Waals surface area (Å²) in [6.07, 6.45) is 4.09. The van der Waals surface area contributed by atoms with Crippen LogP contribution in [0.5, 0.6) is 0 Å². The molecule has 3 heterocycles. The third-order valence-electron chi connectivity index (χ3n) is 8.69. The Kier molecular flexibility index (Phi) is 5.49. The van der Waals surface area contributed by atoms with Gasteiger partial charge in [0, 0.05) is 0 Å². The van der Waals surface area contributed by atoms with Gasteiger partial charge < -0.3 is 0 Å². The average molecular weight is 633 g/mol. The molecule has 0 radical (unpaired) electrons. The van der Waals surface area contributed by atoms with Gasteiger partial charge in [0.1, 0.15) is 0 Å². The van der Waals surface area contributed by atoms with E-state index in [2.05, 4.69) is 159 Å². The Labute approximate surface area is 255 Å². The van der Waals surface area contributed by atoms with Crippen molar-refractivity contribution < 1.29 is 0 Å². The fraction of sp³-hybridized carbons (Fsp3) is 0. The topological polar surface area (TPSA) is 30.2 Å². The molecule has 0 amide bonds. The summed E-state index contributed by atoms with van der Waals surface area (Å²) in [4.78, 5) is 10.1. The third-order valence-corrected chi connectivity index (χ3v) is 15.6. The minimum absolute atomic E-state index is 0.939. The first-order chi connectivity index (χ1) is 21.2. The Bertz CT molecular complexity index is 2610. The molecule has 0 N–H and O–H groups in total. The Hall–Kier alpha value is -4.59. The molecule has 202 valence electrons. The van der Waals surface area contributed by atoms with Gasteiger partial charge >= 0.3 is 257 Å². The van der Waals surface area contributed by atoms with Crippen molar-refractivity contribution in [2.75, 3.05) is 0 Å². The van der Waals surface area contributed by atoms with Crippen LogP contribution in [0.15, 0.2) is 146 Å². The molecule has 1 atom stereocenters. The molecule has 0 saturated carbocycles. The second-order valence-electron chi connectivity index (χ2n) is 11.0. The summed E-state index contributed by atoms with van der Waals surface area (Å²) in [5.74, 6) is 0. The van der Waals surface area contributed by atoms with Gasteiger partial charge in [-0.05, 0) is 0 Å². The maximum atomic E-state index is 5.16. The second kappa shape index (κ2) is 9.46. The number of nitrogens with zero attached hydrogens (tertiary/aromatic N) is 3. The van der Waals surface area contributed by atoms with Gasteiger partial charge in [-0.15, -0.1) is 0 Å². The molecule has 3 aromatic heterocycles. The number of para-hydroxylation sites is 3. The van der Waals surface area contributed by atoms with E-state index in [0.29, 0.717) is 0 Å². The van der Waals surface area contributed by atoms with Crippen LogP contribution >= 0.6 is 5.51 Å². The average Bonchev–Trinajstić information content (AvgIpc) is 3.48. The van der Waals surface area contributed by atoms with Crippen molar-refractivity contribution in [2.45, 2.75) is 0 Å². The Balaban J connectivity index is 1.43. The fourth-order valence-corrected chi connectivity index (χ4v) is 11.9. The van der Waals surface area contributed by atoms with E-state index in [0.717, 1.165) is 27.6 Å². The number of hydrogen-bond donors (Lipinski definition) is 0. The summed E-state index contributed by atoms with van der Waals surface area (Å²) in [6.45, 7) is 0. The summed E-state index contributed by atoms with van der Waals surface area (Å²) < 4.78 is 2.29. The zero-order chi connectivity index (χ0) is 28.5. The van der Waals surface area contributed by atoms with Gasteiger partial charge in [-0.2, -0.15) is 0 Å². The van der Waals surface area contributed by atoms with Crippen molar-refractivity contribution >= 4 is 96.4 Å². The van der Waals surface area contributed by atoms with Crippen LogP contribution in [0.4, 0.5) is 0 Å². The van der Waals surface area contributed by atoms with Crippen LogP contribution < -0.4 is 15.9 Å². The zero-order valence-electron chi connectivity index (χ0n) is 23.1. The third kappa shape index (κ3) is 3.58. The second-order valence-corrected chi connectivity index (χ2v) is 17.2. The molecule has 0 aliphatic rings. The zero-order valence-corrected chi connectivity index (χ0v) is 25.7. The van der Waals surface area contributed by atoms with Crippen molar-refractivity contribution in [3.63, 3.8) is 0 Å². The first kappa shape index (κ1) is 25.0. The van der Waals surface area contributed by atoms with E-state index >= 15 is 0 Å². The number of pyridine rings is 2. The van der Waals surface area contributed by atoms with E-state index in [1.807, 2.05) is 6.20 Å². The molecule has 1 unspecified atom stereocenters. The van der Waals surface area contributed by atoms with Crippen LogP contribution in [0.3, 0.4) is 0 Å². The van der Waals surface area contributed by atoms with E-state index in [9.17, 15) is 0 Å². The molecule has 43 heavy (non-hydrogen) atoms. The van der Waals surface area contributed by atoms with Crippen LogP contribution in [-0.4, -0.2) is 29.5 Å². The SMILES string of the molecule is [Se]=P(c1ccccc1)(c1ccc2c(ccc3ccccc32)c1)c1cncc2c1c1ccccc1n1c3ccccc3nc21. The van der Waals surface area contributed by atoms with Crippen molar-refractivity contribution in [2.24, 2.45) is 0 Å². The van der Waals surface area contributed by atoms with Crippen molar-refractivity contribution in [3.8, 4) is 0 Å². The maximum absolute atomic E-state index is 5.16. The van der Waals surface area contributed by atoms with Crippen molar-refractivity contribution in [1.29, 1.82) is 0 Å². The summed E-state index contributed by atoms with van der Waals surface area (Å²) >= 11 is 3.82. The van der Waals surface area contributed by atoms with Gasteiger partial charge in [0.05, 0.1) is 0 Å². The number of benzene rings is 6. The molecule has 6 aromatic carbocycles. The summed E-state index contributed by atoms with van der Waals surface area (Å²) in [5.41, 5.74) is 1.90. The molecule has 9 rings (SSSR count). The number of fused-ring (bicyclic) bond motifs is 11. The van der Waals surface area contributed by atoms with Gasteiger partial charge in [-0.3, -0.25) is 0 Å². The Morgan fingerprint density at radius 3 is 2.12 bits per heavy atom. The monoisotopic (exact) mass is 633 g/mol. The van der Waals surface area contributed by atoms with Gasteiger partial charge in [0.2, 0.25) is 0 Å². The molecule has 0 saturated heterocycles. The van der Waals surface area contributed by atoms with Crippen LogP contribution in [-0.2, 0) is 0 Å². The standard InChI is InChI=1S/C38H24N3PSe/c43-42(27-11-2-1-3-12-27,28-20-21-30-26(22-28)19-18-25-10-4-5-13-29(25)30)36-24-39-23-32-37(36)31-14-6-8-16-34(31)41-35-17-9-7-15-33(35)40-38(32)41/h1-24H. The number of imidazole rings is 1. The van der Waals surface area contributed by atoms with Gasteiger partial charge in [-0.25, -0.2) is 0 Å². The van der Waals surface area contributed by atoms with E-state index in [1.165, 1.54) is 48.2 Å². The summed E-state index contributed by atoms with van der Waals surface area (Å²) in [5, 5.41) is 12.3. The number of hydrogen-bond acceptors (Lipinski definition) is 2. The minimum atomic E-state index is -2.28. The molecular formula is C38H24N3PSe.